The number of thiazole rings is 1. The summed E-state index contributed by atoms with van der Waals surface area (Å²) in [6.45, 7) is 5.91. The molecule has 0 saturated carbocycles. The molecule has 0 spiro atoms. The fraction of sp³-hybridized carbons (Fsp3) is 0.412. The van der Waals surface area contributed by atoms with Gasteiger partial charge in [0.05, 0.1) is 10.7 Å². The topological polar surface area (TPSA) is 36.4 Å². The first-order chi connectivity index (χ1) is 11.2. The van der Waals surface area contributed by atoms with Crippen molar-refractivity contribution in [3.8, 4) is 0 Å². The Morgan fingerprint density at radius 2 is 2.09 bits per heavy atom. The van der Waals surface area contributed by atoms with Gasteiger partial charge in [-0.05, 0) is 24.6 Å². The van der Waals surface area contributed by atoms with E-state index in [0.717, 1.165) is 31.7 Å². The zero-order valence-electron chi connectivity index (χ0n) is 13.2. The number of hydrogen-bond donors (Lipinski definition) is 0. The Hall–Kier alpha value is -1.79. The second kappa shape index (κ2) is 7.19. The predicted octanol–water partition coefficient (Wildman–Crippen LogP) is 2.80. The molecule has 1 fully saturated rings. The second-order valence-electron chi connectivity index (χ2n) is 5.66. The van der Waals surface area contributed by atoms with Crippen molar-refractivity contribution in [2.75, 3.05) is 26.2 Å². The highest BCUT2D eigenvalue weighted by Gasteiger charge is 2.22. The number of aryl methyl sites for hydroxylation is 1. The van der Waals surface area contributed by atoms with Crippen LogP contribution in [0.2, 0.25) is 0 Å². The van der Waals surface area contributed by atoms with Gasteiger partial charge in [0.1, 0.15) is 5.82 Å². The fourth-order valence-electron chi connectivity index (χ4n) is 2.73. The van der Waals surface area contributed by atoms with Crippen LogP contribution in [0.3, 0.4) is 0 Å². The highest BCUT2D eigenvalue weighted by molar-refractivity contribution is 7.09. The number of rotatable bonds is 4. The minimum Gasteiger partial charge on any atom is -0.336 e. The molecule has 1 saturated heterocycles. The highest BCUT2D eigenvalue weighted by Crippen LogP contribution is 2.15. The predicted molar refractivity (Wildman–Crippen MR) is 89.1 cm³/mol. The van der Waals surface area contributed by atoms with Crippen LogP contribution in [0.4, 0.5) is 4.39 Å². The minimum absolute atomic E-state index is 0.0916. The number of amides is 1. The van der Waals surface area contributed by atoms with E-state index in [0.29, 0.717) is 18.7 Å². The molecule has 1 aliphatic heterocycles. The molecule has 1 aromatic carbocycles. The zero-order valence-corrected chi connectivity index (χ0v) is 14.0. The van der Waals surface area contributed by atoms with E-state index in [1.54, 1.807) is 28.4 Å². The van der Waals surface area contributed by atoms with Crippen LogP contribution in [0.1, 0.15) is 28.0 Å². The van der Waals surface area contributed by atoms with E-state index in [1.807, 2.05) is 0 Å². The lowest BCUT2D eigenvalue weighted by atomic mass is 10.1. The molecule has 0 bridgehead atoms. The molecule has 6 heteroatoms. The van der Waals surface area contributed by atoms with E-state index in [4.69, 9.17) is 0 Å². The Labute approximate surface area is 139 Å². The number of carbonyl (C=O) groups is 1. The number of halogens is 1. The molecule has 1 aliphatic rings. The van der Waals surface area contributed by atoms with Gasteiger partial charge in [0, 0.05) is 43.7 Å². The SMILES string of the molecule is CCc1nc(CN2CCN(C(=O)c3cccc(F)c3)CC2)cs1. The summed E-state index contributed by atoms with van der Waals surface area (Å²) in [7, 11) is 0. The van der Waals surface area contributed by atoms with Crippen LogP contribution in [0, 0.1) is 5.82 Å². The van der Waals surface area contributed by atoms with E-state index in [-0.39, 0.29) is 11.7 Å². The molecule has 1 amide bonds. The number of nitrogens with zero attached hydrogens (tertiary/aromatic N) is 3. The Bertz CT molecular complexity index is 680. The summed E-state index contributed by atoms with van der Waals surface area (Å²) in [5.74, 6) is -0.462. The Balaban J connectivity index is 1.54. The lowest BCUT2D eigenvalue weighted by molar-refractivity contribution is 0.0627. The van der Waals surface area contributed by atoms with E-state index >= 15 is 0 Å². The number of carbonyl (C=O) groups excluding carboxylic acids is 1. The maximum Gasteiger partial charge on any atom is 0.254 e. The normalized spacial score (nSPS) is 15.8. The highest BCUT2D eigenvalue weighted by atomic mass is 32.1. The summed E-state index contributed by atoms with van der Waals surface area (Å²) in [4.78, 5) is 21.1. The van der Waals surface area contributed by atoms with Gasteiger partial charge in [0.25, 0.3) is 5.91 Å². The monoisotopic (exact) mass is 333 g/mol. The molecule has 23 heavy (non-hydrogen) atoms. The number of hydrogen-bond acceptors (Lipinski definition) is 4. The van der Waals surface area contributed by atoms with Crippen LogP contribution in [0.5, 0.6) is 0 Å². The molecular formula is C17H20FN3OS. The standard InChI is InChI=1S/C17H20FN3OS/c1-2-16-19-15(12-23-16)11-20-6-8-21(9-7-20)17(22)13-4-3-5-14(18)10-13/h3-5,10,12H,2,6-9,11H2,1H3. The van der Waals surface area contributed by atoms with Crippen LogP contribution < -0.4 is 0 Å². The van der Waals surface area contributed by atoms with Crippen LogP contribution in [0.25, 0.3) is 0 Å². The molecule has 3 rings (SSSR count). The third-order valence-electron chi connectivity index (χ3n) is 4.02. The Kier molecular flexibility index (Phi) is 5.03. The summed E-state index contributed by atoms with van der Waals surface area (Å²) in [6.07, 6.45) is 0.973. The van der Waals surface area contributed by atoms with Crippen molar-refractivity contribution in [3.05, 3.63) is 51.7 Å². The van der Waals surface area contributed by atoms with Crippen molar-refractivity contribution >= 4 is 17.2 Å². The fourth-order valence-corrected chi connectivity index (χ4v) is 3.46. The number of benzene rings is 1. The van der Waals surface area contributed by atoms with Crippen molar-refractivity contribution in [3.63, 3.8) is 0 Å². The van der Waals surface area contributed by atoms with Gasteiger partial charge < -0.3 is 4.90 Å². The largest absolute Gasteiger partial charge is 0.336 e. The molecule has 0 aliphatic carbocycles. The molecular weight excluding hydrogens is 313 g/mol. The van der Waals surface area contributed by atoms with Crippen LogP contribution in [-0.2, 0) is 13.0 Å². The minimum atomic E-state index is -0.371. The average molecular weight is 333 g/mol. The van der Waals surface area contributed by atoms with Crippen molar-refractivity contribution in [2.24, 2.45) is 0 Å². The smallest absolute Gasteiger partial charge is 0.254 e. The average Bonchev–Trinajstić information content (AvgIpc) is 3.02. The van der Waals surface area contributed by atoms with E-state index in [1.165, 1.54) is 17.1 Å². The van der Waals surface area contributed by atoms with Crippen LogP contribution in [-0.4, -0.2) is 46.9 Å². The molecule has 0 unspecified atom stereocenters. The lowest BCUT2D eigenvalue weighted by Gasteiger charge is -2.34. The second-order valence-corrected chi connectivity index (χ2v) is 6.61. The van der Waals surface area contributed by atoms with Gasteiger partial charge in [0.2, 0.25) is 0 Å². The first-order valence-corrected chi connectivity index (χ1v) is 8.74. The molecule has 122 valence electrons. The number of piperazine rings is 1. The van der Waals surface area contributed by atoms with Gasteiger partial charge in [-0.3, -0.25) is 9.69 Å². The van der Waals surface area contributed by atoms with Crippen molar-refractivity contribution in [1.82, 2.24) is 14.8 Å². The first kappa shape index (κ1) is 16.1. The number of aromatic nitrogens is 1. The third kappa shape index (κ3) is 3.95. The van der Waals surface area contributed by atoms with Gasteiger partial charge in [-0.2, -0.15) is 0 Å². The van der Waals surface area contributed by atoms with Crippen molar-refractivity contribution in [1.29, 1.82) is 0 Å². The molecule has 0 N–H and O–H groups in total. The van der Waals surface area contributed by atoms with Gasteiger partial charge in [-0.25, -0.2) is 9.37 Å². The summed E-state index contributed by atoms with van der Waals surface area (Å²) in [5, 5.41) is 3.28. The van der Waals surface area contributed by atoms with Crippen LogP contribution in [0.15, 0.2) is 29.6 Å². The molecule has 1 aromatic heterocycles. The molecule has 0 atom stereocenters. The van der Waals surface area contributed by atoms with Gasteiger partial charge in [-0.1, -0.05) is 13.0 Å². The van der Waals surface area contributed by atoms with E-state index < -0.39 is 0 Å². The van der Waals surface area contributed by atoms with E-state index in [2.05, 4.69) is 22.2 Å². The lowest BCUT2D eigenvalue weighted by Crippen LogP contribution is -2.48. The first-order valence-electron chi connectivity index (χ1n) is 7.86. The van der Waals surface area contributed by atoms with Gasteiger partial charge in [-0.15, -0.1) is 11.3 Å². The Morgan fingerprint density at radius 1 is 1.30 bits per heavy atom. The van der Waals surface area contributed by atoms with Crippen LogP contribution >= 0.6 is 11.3 Å². The zero-order chi connectivity index (χ0) is 16.2. The molecule has 2 aromatic rings. The quantitative estimate of drug-likeness (QED) is 0.863. The molecule has 2 heterocycles. The van der Waals surface area contributed by atoms with Gasteiger partial charge in [0.15, 0.2) is 0 Å². The van der Waals surface area contributed by atoms with E-state index in [9.17, 15) is 9.18 Å². The van der Waals surface area contributed by atoms with Gasteiger partial charge >= 0.3 is 0 Å². The summed E-state index contributed by atoms with van der Waals surface area (Å²) in [6, 6.07) is 5.90. The van der Waals surface area contributed by atoms with Crippen molar-refractivity contribution in [2.45, 2.75) is 19.9 Å². The third-order valence-corrected chi connectivity index (χ3v) is 5.06. The Morgan fingerprint density at radius 3 is 2.74 bits per heavy atom. The maximum absolute atomic E-state index is 13.2. The summed E-state index contributed by atoms with van der Waals surface area (Å²) in [5.41, 5.74) is 1.53. The summed E-state index contributed by atoms with van der Waals surface area (Å²) >= 11 is 1.70. The molecule has 4 nitrogen and oxygen atoms in total. The maximum atomic E-state index is 13.2. The summed E-state index contributed by atoms with van der Waals surface area (Å²) < 4.78 is 13.2. The molecule has 0 radical (unpaired) electrons. The van der Waals surface area contributed by atoms with Crippen molar-refractivity contribution < 1.29 is 9.18 Å².